The topological polar surface area (TPSA) is 49.3 Å². The number of carbonyl (C=O) groups is 1. The van der Waals surface area contributed by atoms with Gasteiger partial charge >= 0.3 is 0 Å². The minimum absolute atomic E-state index is 0.00459. The molecular formula is C20H18ClFN4OS. The van der Waals surface area contributed by atoms with Gasteiger partial charge in [0.2, 0.25) is 11.0 Å². The predicted molar refractivity (Wildman–Crippen MR) is 108 cm³/mol. The Bertz CT molecular complexity index is 978. The Balaban J connectivity index is 1.37. The zero-order chi connectivity index (χ0) is 19.5. The van der Waals surface area contributed by atoms with E-state index in [9.17, 15) is 9.18 Å². The SMILES string of the molecule is O=C1CN(c2nnc(Cc3ccc(Cl)cc3)s2)CCN1Cc1cccc(F)c1. The van der Waals surface area contributed by atoms with Gasteiger partial charge in [0.1, 0.15) is 10.8 Å². The highest BCUT2D eigenvalue weighted by atomic mass is 35.5. The number of nitrogens with zero attached hydrogens (tertiary/aromatic N) is 4. The van der Waals surface area contributed by atoms with Gasteiger partial charge in [-0.3, -0.25) is 4.79 Å². The lowest BCUT2D eigenvalue weighted by Crippen LogP contribution is -2.50. The Morgan fingerprint density at radius 3 is 2.64 bits per heavy atom. The molecule has 0 saturated carbocycles. The number of rotatable bonds is 5. The molecule has 2 heterocycles. The van der Waals surface area contributed by atoms with Gasteiger partial charge in [0.05, 0.1) is 6.54 Å². The fourth-order valence-electron chi connectivity index (χ4n) is 3.12. The van der Waals surface area contributed by atoms with Crippen LogP contribution in [0, 0.1) is 5.82 Å². The first-order valence-corrected chi connectivity index (χ1v) is 10.1. The molecule has 3 aromatic rings. The minimum atomic E-state index is -0.286. The number of aromatic nitrogens is 2. The molecule has 144 valence electrons. The number of hydrogen-bond acceptors (Lipinski definition) is 5. The highest BCUT2D eigenvalue weighted by Gasteiger charge is 2.26. The third-order valence-electron chi connectivity index (χ3n) is 4.58. The average Bonchev–Trinajstić information content (AvgIpc) is 3.14. The summed E-state index contributed by atoms with van der Waals surface area (Å²) in [6.07, 6.45) is 0.683. The van der Waals surface area contributed by atoms with Crippen LogP contribution in [0.2, 0.25) is 5.02 Å². The van der Waals surface area contributed by atoms with Crippen molar-refractivity contribution >= 4 is 34.0 Å². The molecule has 28 heavy (non-hydrogen) atoms. The van der Waals surface area contributed by atoms with Gasteiger partial charge in [0, 0.05) is 31.1 Å². The van der Waals surface area contributed by atoms with Gasteiger partial charge in [-0.2, -0.15) is 0 Å². The van der Waals surface area contributed by atoms with Crippen molar-refractivity contribution in [2.24, 2.45) is 0 Å². The third-order valence-corrected chi connectivity index (χ3v) is 5.81. The number of carbonyl (C=O) groups excluding carboxylic acids is 1. The quantitative estimate of drug-likeness (QED) is 0.635. The molecule has 1 fully saturated rings. The van der Waals surface area contributed by atoms with E-state index >= 15 is 0 Å². The van der Waals surface area contributed by atoms with Crippen molar-refractivity contribution < 1.29 is 9.18 Å². The lowest BCUT2D eigenvalue weighted by atomic mass is 10.2. The molecule has 4 rings (SSSR count). The second-order valence-corrected chi connectivity index (χ2v) is 8.13. The number of amides is 1. The first-order chi connectivity index (χ1) is 13.6. The van der Waals surface area contributed by atoms with Crippen molar-refractivity contribution in [1.29, 1.82) is 0 Å². The summed E-state index contributed by atoms with van der Waals surface area (Å²) in [6.45, 7) is 1.92. The number of hydrogen-bond donors (Lipinski definition) is 0. The molecular weight excluding hydrogens is 399 g/mol. The van der Waals surface area contributed by atoms with Crippen molar-refractivity contribution in [3.8, 4) is 0 Å². The molecule has 1 saturated heterocycles. The summed E-state index contributed by atoms with van der Waals surface area (Å²) in [5.74, 6) is -0.282. The molecule has 0 spiro atoms. The minimum Gasteiger partial charge on any atom is -0.336 e. The molecule has 0 unspecified atom stereocenters. The highest BCUT2D eigenvalue weighted by molar-refractivity contribution is 7.15. The van der Waals surface area contributed by atoms with Crippen molar-refractivity contribution in [1.82, 2.24) is 15.1 Å². The fraction of sp³-hybridized carbons (Fsp3) is 0.250. The molecule has 0 aliphatic carbocycles. The van der Waals surface area contributed by atoms with Gasteiger partial charge in [-0.25, -0.2) is 4.39 Å². The molecule has 1 aliphatic rings. The van der Waals surface area contributed by atoms with Gasteiger partial charge in [-0.15, -0.1) is 10.2 Å². The standard InChI is InChI=1S/C20H18ClFN4OS/c21-16-6-4-14(5-7-16)11-18-23-24-20(28-18)26-9-8-25(19(27)13-26)12-15-2-1-3-17(22)10-15/h1-7,10H,8-9,11-13H2. The van der Waals surface area contributed by atoms with Crippen molar-refractivity contribution in [3.05, 3.63) is 75.5 Å². The second kappa shape index (κ2) is 8.24. The molecule has 5 nitrogen and oxygen atoms in total. The van der Waals surface area contributed by atoms with Crippen LogP contribution in [0.15, 0.2) is 48.5 Å². The highest BCUT2D eigenvalue weighted by Crippen LogP contribution is 2.24. The van der Waals surface area contributed by atoms with Crippen molar-refractivity contribution in [2.75, 3.05) is 24.5 Å². The van der Waals surface area contributed by atoms with Crippen molar-refractivity contribution in [2.45, 2.75) is 13.0 Å². The third kappa shape index (κ3) is 4.48. The maximum atomic E-state index is 13.3. The summed E-state index contributed by atoms with van der Waals surface area (Å²) in [5.41, 5.74) is 1.91. The Morgan fingerprint density at radius 2 is 1.89 bits per heavy atom. The Kier molecular flexibility index (Phi) is 5.54. The number of anilines is 1. The predicted octanol–water partition coefficient (Wildman–Crippen LogP) is 3.77. The van der Waals surface area contributed by atoms with E-state index < -0.39 is 0 Å². The van der Waals surface area contributed by atoms with Crippen LogP contribution in [0.5, 0.6) is 0 Å². The van der Waals surface area contributed by atoms with Gasteiger partial charge in [0.25, 0.3) is 0 Å². The first kappa shape index (κ1) is 18.8. The van der Waals surface area contributed by atoms with E-state index in [1.54, 1.807) is 11.0 Å². The maximum absolute atomic E-state index is 13.3. The lowest BCUT2D eigenvalue weighted by molar-refractivity contribution is -0.131. The van der Waals surface area contributed by atoms with Crippen LogP contribution >= 0.6 is 22.9 Å². The van der Waals surface area contributed by atoms with E-state index in [1.807, 2.05) is 35.2 Å². The Hall–Kier alpha value is -2.51. The molecule has 0 bridgehead atoms. The van der Waals surface area contributed by atoms with Crippen LogP contribution in [-0.4, -0.2) is 40.6 Å². The summed E-state index contributed by atoms with van der Waals surface area (Å²) in [6, 6.07) is 14.0. The Labute approximate surface area is 171 Å². The van der Waals surface area contributed by atoms with Crippen LogP contribution in [0.25, 0.3) is 0 Å². The first-order valence-electron chi connectivity index (χ1n) is 8.91. The molecule has 0 atom stereocenters. The molecule has 0 radical (unpaired) electrons. The Morgan fingerprint density at radius 1 is 1.07 bits per heavy atom. The molecule has 1 amide bonds. The normalized spacial score (nSPS) is 14.6. The fourth-order valence-corrected chi connectivity index (χ4v) is 4.14. The van der Waals surface area contributed by atoms with Crippen LogP contribution in [0.4, 0.5) is 9.52 Å². The van der Waals surface area contributed by atoms with Gasteiger partial charge in [0.15, 0.2) is 0 Å². The number of halogens is 2. The summed E-state index contributed by atoms with van der Waals surface area (Å²) in [7, 11) is 0. The summed E-state index contributed by atoms with van der Waals surface area (Å²) < 4.78 is 13.3. The molecule has 0 N–H and O–H groups in total. The van der Waals surface area contributed by atoms with E-state index in [0.29, 0.717) is 31.1 Å². The smallest absolute Gasteiger partial charge is 0.242 e. The lowest BCUT2D eigenvalue weighted by Gasteiger charge is -2.34. The summed E-state index contributed by atoms with van der Waals surface area (Å²) in [4.78, 5) is 16.2. The van der Waals surface area contributed by atoms with Gasteiger partial charge in [-0.1, -0.05) is 47.2 Å². The zero-order valence-corrected chi connectivity index (χ0v) is 16.6. The summed E-state index contributed by atoms with van der Waals surface area (Å²) >= 11 is 7.42. The monoisotopic (exact) mass is 416 g/mol. The molecule has 8 heteroatoms. The summed E-state index contributed by atoms with van der Waals surface area (Å²) in [5, 5.41) is 10.9. The van der Waals surface area contributed by atoms with Crippen molar-refractivity contribution in [3.63, 3.8) is 0 Å². The van der Waals surface area contributed by atoms with Crippen LogP contribution in [0.3, 0.4) is 0 Å². The molecule has 1 aromatic heterocycles. The van der Waals surface area contributed by atoms with Gasteiger partial charge in [-0.05, 0) is 35.4 Å². The number of piperazine rings is 1. The molecule has 1 aliphatic heterocycles. The van der Waals surface area contributed by atoms with E-state index in [1.165, 1.54) is 23.5 Å². The zero-order valence-electron chi connectivity index (χ0n) is 15.0. The maximum Gasteiger partial charge on any atom is 0.242 e. The van der Waals surface area contributed by atoms with Crippen LogP contribution in [0.1, 0.15) is 16.1 Å². The van der Waals surface area contributed by atoms with Crippen LogP contribution < -0.4 is 4.90 Å². The second-order valence-electron chi connectivity index (χ2n) is 6.65. The number of benzene rings is 2. The van der Waals surface area contributed by atoms with Crippen LogP contribution in [-0.2, 0) is 17.8 Å². The average molecular weight is 417 g/mol. The largest absolute Gasteiger partial charge is 0.336 e. The van der Waals surface area contributed by atoms with E-state index in [0.717, 1.165) is 21.3 Å². The molecule has 2 aromatic carbocycles. The van der Waals surface area contributed by atoms with E-state index in [-0.39, 0.29) is 18.3 Å². The van der Waals surface area contributed by atoms with E-state index in [2.05, 4.69) is 10.2 Å². The van der Waals surface area contributed by atoms with Gasteiger partial charge < -0.3 is 9.80 Å². The van der Waals surface area contributed by atoms with E-state index in [4.69, 9.17) is 11.6 Å².